The Balaban J connectivity index is 2.03. The van der Waals surface area contributed by atoms with Crippen molar-refractivity contribution >= 4 is 33.2 Å². The summed E-state index contributed by atoms with van der Waals surface area (Å²) in [4.78, 5) is 19.6. The van der Waals surface area contributed by atoms with Gasteiger partial charge in [-0.15, -0.1) is 11.3 Å². The smallest absolute Gasteiger partial charge is 0.350 e. The van der Waals surface area contributed by atoms with Crippen LogP contribution in [0.2, 0.25) is 0 Å². The molecule has 22 heavy (non-hydrogen) atoms. The van der Waals surface area contributed by atoms with Crippen molar-refractivity contribution in [1.29, 1.82) is 0 Å². The largest absolute Gasteiger partial charge is 0.462 e. The Morgan fingerprint density at radius 1 is 1.55 bits per heavy atom. The molecule has 3 heterocycles. The summed E-state index contributed by atoms with van der Waals surface area (Å²) in [5.41, 5.74) is 9.06. The van der Waals surface area contributed by atoms with Crippen LogP contribution in [0.3, 0.4) is 0 Å². The number of aromatic nitrogens is 1. The summed E-state index contributed by atoms with van der Waals surface area (Å²) in [6.07, 6.45) is 0.978. The third kappa shape index (κ3) is 2.57. The summed E-state index contributed by atoms with van der Waals surface area (Å²) < 4.78 is 5.07. The maximum Gasteiger partial charge on any atom is 0.350 e. The maximum absolute atomic E-state index is 12.0. The van der Waals surface area contributed by atoms with Gasteiger partial charge in [0.2, 0.25) is 0 Å². The van der Waals surface area contributed by atoms with Crippen LogP contribution in [0.25, 0.3) is 10.2 Å². The second kappa shape index (κ2) is 5.85. The SMILES string of the molecule is CCOC(=O)c1sc2nc3c(cc2c1N)C[NH+](C(C)C)CC3. The highest BCUT2D eigenvalue weighted by Crippen LogP contribution is 2.34. The summed E-state index contributed by atoms with van der Waals surface area (Å²) in [7, 11) is 0. The van der Waals surface area contributed by atoms with Crippen LogP contribution in [0, 0.1) is 0 Å². The molecule has 6 heteroatoms. The van der Waals surface area contributed by atoms with Crippen molar-refractivity contribution in [1.82, 2.24) is 4.98 Å². The minimum absolute atomic E-state index is 0.350. The molecule has 3 rings (SSSR count). The molecule has 118 valence electrons. The number of nitrogens with one attached hydrogen (secondary N) is 1. The van der Waals surface area contributed by atoms with Gasteiger partial charge in [0.1, 0.15) is 16.3 Å². The third-order valence-corrected chi connectivity index (χ3v) is 5.36. The van der Waals surface area contributed by atoms with Crippen LogP contribution in [-0.2, 0) is 17.7 Å². The van der Waals surface area contributed by atoms with Crippen molar-refractivity contribution in [3.63, 3.8) is 0 Å². The van der Waals surface area contributed by atoms with Crippen molar-refractivity contribution in [3.8, 4) is 0 Å². The molecule has 0 bridgehead atoms. The highest BCUT2D eigenvalue weighted by Gasteiger charge is 2.25. The molecule has 3 N–H and O–H groups in total. The van der Waals surface area contributed by atoms with Crippen LogP contribution in [0.15, 0.2) is 6.07 Å². The average molecular weight is 320 g/mol. The summed E-state index contributed by atoms with van der Waals surface area (Å²) in [6, 6.07) is 2.71. The molecule has 0 amide bonds. The molecule has 2 aromatic heterocycles. The van der Waals surface area contributed by atoms with Crippen molar-refractivity contribution in [2.75, 3.05) is 18.9 Å². The fourth-order valence-electron chi connectivity index (χ4n) is 2.94. The topological polar surface area (TPSA) is 69.6 Å². The Kier molecular flexibility index (Phi) is 4.06. The van der Waals surface area contributed by atoms with Gasteiger partial charge >= 0.3 is 5.97 Å². The molecule has 0 spiro atoms. The van der Waals surface area contributed by atoms with Gasteiger partial charge in [-0.3, -0.25) is 0 Å². The zero-order chi connectivity index (χ0) is 15.9. The number of fused-ring (bicyclic) bond motifs is 2. The average Bonchev–Trinajstić information content (AvgIpc) is 2.81. The van der Waals surface area contributed by atoms with Gasteiger partial charge in [-0.25, -0.2) is 9.78 Å². The normalized spacial score (nSPS) is 17.7. The van der Waals surface area contributed by atoms with E-state index < -0.39 is 0 Å². The van der Waals surface area contributed by atoms with Gasteiger partial charge in [0.25, 0.3) is 0 Å². The number of hydrogen-bond acceptors (Lipinski definition) is 5. The Hall–Kier alpha value is -1.66. The number of quaternary nitrogens is 1. The number of carbonyl (C=O) groups excluding carboxylic acids is 1. The van der Waals surface area contributed by atoms with E-state index in [1.54, 1.807) is 11.8 Å². The first-order valence-corrected chi connectivity index (χ1v) is 8.55. The van der Waals surface area contributed by atoms with E-state index in [-0.39, 0.29) is 5.97 Å². The number of rotatable bonds is 3. The molecule has 5 nitrogen and oxygen atoms in total. The van der Waals surface area contributed by atoms with Gasteiger partial charge in [0.05, 0.1) is 30.6 Å². The highest BCUT2D eigenvalue weighted by molar-refractivity contribution is 7.21. The number of ether oxygens (including phenoxy) is 1. The molecule has 1 atom stereocenters. The predicted octanol–water partition coefficient (Wildman–Crippen LogP) is 1.40. The Bertz CT molecular complexity index is 724. The molecule has 0 saturated heterocycles. The highest BCUT2D eigenvalue weighted by atomic mass is 32.1. The van der Waals surface area contributed by atoms with Crippen LogP contribution in [0.5, 0.6) is 0 Å². The molecule has 0 fully saturated rings. The first kappa shape index (κ1) is 15.2. The first-order valence-electron chi connectivity index (χ1n) is 7.73. The lowest BCUT2D eigenvalue weighted by atomic mass is 10.0. The maximum atomic E-state index is 12.0. The van der Waals surface area contributed by atoms with Crippen molar-refractivity contribution in [3.05, 3.63) is 22.2 Å². The van der Waals surface area contributed by atoms with E-state index >= 15 is 0 Å². The number of hydrogen-bond donors (Lipinski definition) is 2. The van der Waals surface area contributed by atoms with Gasteiger partial charge in [-0.2, -0.15) is 0 Å². The Morgan fingerprint density at radius 3 is 3.00 bits per heavy atom. The molecule has 0 aromatic carbocycles. The minimum Gasteiger partial charge on any atom is -0.462 e. The fraction of sp³-hybridized carbons (Fsp3) is 0.500. The summed E-state index contributed by atoms with van der Waals surface area (Å²) in [5, 5.41) is 0.886. The zero-order valence-corrected chi connectivity index (χ0v) is 14.0. The van der Waals surface area contributed by atoms with E-state index in [4.69, 9.17) is 15.5 Å². The van der Waals surface area contributed by atoms with E-state index in [0.717, 1.165) is 35.4 Å². The third-order valence-electron chi connectivity index (χ3n) is 4.27. The molecule has 0 radical (unpaired) electrons. The lowest BCUT2D eigenvalue weighted by Gasteiger charge is -2.28. The zero-order valence-electron chi connectivity index (χ0n) is 13.2. The number of thiophene rings is 1. The van der Waals surface area contributed by atoms with Crippen LogP contribution in [-0.4, -0.2) is 30.1 Å². The van der Waals surface area contributed by atoms with Gasteiger partial charge in [0.15, 0.2) is 0 Å². The second-order valence-corrected chi connectivity index (χ2v) is 7.00. The molecule has 1 unspecified atom stereocenters. The van der Waals surface area contributed by atoms with E-state index in [2.05, 4.69) is 19.9 Å². The minimum atomic E-state index is -0.351. The quantitative estimate of drug-likeness (QED) is 0.839. The van der Waals surface area contributed by atoms with E-state index in [9.17, 15) is 4.79 Å². The Morgan fingerprint density at radius 2 is 2.32 bits per heavy atom. The number of anilines is 1. The molecule has 1 aliphatic rings. The molecule has 0 aliphatic carbocycles. The van der Waals surface area contributed by atoms with Gasteiger partial charge in [-0.1, -0.05) is 0 Å². The molecule has 2 aromatic rings. The number of nitrogen functional groups attached to an aromatic ring is 1. The first-order chi connectivity index (χ1) is 10.5. The number of nitrogens with zero attached hydrogens (tertiary/aromatic N) is 1. The lowest BCUT2D eigenvalue weighted by Crippen LogP contribution is -3.14. The van der Waals surface area contributed by atoms with E-state index in [1.807, 2.05) is 0 Å². The molecular weight excluding hydrogens is 298 g/mol. The standard InChI is InChI=1S/C16H21N3O2S/c1-4-21-16(20)14-13(17)11-7-10-8-19(9(2)3)6-5-12(10)18-15(11)22-14/h7,9H,4-6,8,17H2,1-3H3/p+1. The fourth-order valence-corrected chi connectivity index (χ4v) is 3.93. The summed E-state index contributed by atoms with van der Waals surface area (Å²) in [6.45, 7) is 8.70. The van der Waals surface area contributed by atoms with Crippen molar-refractivity contribution in [2.24, 2.45) is 0 Å². The van der Waals surface area contributed by atoms with Crippen LogP contribution in [0.1, 0.15) is 41.7 Å². The number of pyridine rings is 1. The summed E-state index contributed by atoms with van der Waals surface area (Å²) in [5.74, 6) is -0.351. The second-order valence-electron chi connectivity index (χ2n) is 6.00. The molecular formula is C16H22N3O2S+. The van der Waals surface area contributed by atoms with Gasteiger partial charge in [0, 0.05) is 17.4 Å². The molecule has 0 saturated carbocycles. The predicted molar refractivity (Wildman–Crippen MR) is 88.4 cm³/mol. The number of nitrogens with two attached hydrogens (primary N) is 1. The molecule has 1 aliphatic heterocycles. The van der Waals surface area contributed by atoms with E-state index in [1.165, 1.54) is 16.9 Å². The van der Waals surface area contributed by atoms with Gasteiger partial charge < -0.3 is 15.4 Å². The lowest BCUT2D eigenvalue weighted by molar-refractivity contribution is -0.936. The van der Waals surface area contributed by atoms with Crippen LogP contribution >= 0.6 is 11.3 Å². The van der Waals surface area contributed by atoms with Crippen molar-refractivity contribution < 1.29 is 14.4 Å². The van der Waals surface area contributed by atoms with Crippen LogP contribution in [0.4, 0.5) is 5.69 Å². The van der Waals surface area contributed by atoms with E-state index in [0.29, 0.717) is 23.2 Å². The number of carbonyl (C=O) groups is 1. The van der Waals surface area contributed by atoms with Gasteiger partial charge in [-0.05, 0) is 26.8 Å². The monoisotopic (exact) mass is 320 g/mol. The number of esters is 1. The summed E-state index contributed by atoms with van der Waals surface area (Å²) >= 11 is 1.33. The van der Waals surface area contributed by atoms with Crippen LogP contribution < -0.4 is 10.6 Å². The Labute approximate surface area is 134 Å². The van der Waals surface area contributed by atoms with Crippen molar-refractivity contribution in [2.45, 2.75) is 39.8 Å².